The number of morpholine rings is 1. The van der Waals surface area contributed by atoms with Crippen molar-refractivity contribution in [2.45, 2.75) is 0 Å². The lowest BCUT2D eigenvalue weighted by Crippen LogP contribution is -2.36. The number of fused-ring (bicyclic) bond motifs is 2. The van der Waals surface area contributed by atoms with Crippen LogP contribution in [0, 0.1) is 0 Å². The Balaban J connectivity index is 2.00. The smallest absolute Gasteiger partial charge is 0.403 e. The summed E-state index contributed by atoms with van der Waals surface area (Å²) in [5, 5.41) is 0.540. The number of benzene rings is 2. The number of nitrogens with one attached hydrogen (secondary N) is 1. The molecule has 0 spiro atoms. The molecule has 0 unspecified atom stereocenters. The molecule has 4 rings (SSSR count). The summed E-state index contributed by atoms with van der Waals surface area (Å²) in [6.07, 6.45) is 0. The third kappa shape index (κ3) is 3.20. The van der Waals surface area contributed by atoms with Crippen molar-refractivity contribution in [3.8, 4) is 5.75 Å². The second-order valence-electron chi connectivity index (χ2n) is 6.05. The van der Waals surface area contributed by atoms with E-state index in [1.165, 1.54) is 6.07 Å². The molecule has 0 amide bonds. The minimum Gasteiger partial charge on any atom is -0.403 e. The Labute approximate surface area is 148 Å². The largest absolute Gasteiger partial charge is 0.524 e. The monoisotopic (exact) mass is 376 g/mol. The highest BCUT2D eigenvalue weighted by Gasteiger charge is 2.22. The lowest BCUT2D eigenvalue weighted by Gasteiger charge is -2.29. The van der Waals surface area contributed by atoms with Crippen molar-refractivity contribution in [1.29, 1.82) is 0 Å². The van der Waals surface area contributed by atoms with Crippen LogP contribution in [-0.2, 0) is 9.30 Å². The Morgan fingerprint density at radius 1 is 1.12 bits per heavy atom. The molecule has 1 aromatic heterocycles. The maximum atomic E-state index is 12.9. The van der Waals surface area contributed by atoms with Crippen LogP contribution in [0.2, 0.25) is 0 Å². The predicted octanol–water partition coefficient (Wildman–Crippen LogP) is 1.99. The molecule has 0 bridgehead atoms. The average Bonchev–Trinajstić information content (AvgIpc) is 2.61. The third-order valence-electron chi connectivity index (χ3n) is 4.35. The van der Waals surface area contributed by atoms with Gasteiger partial charge in [-0.25, -0.2) is 4.57 Å². The summed E-state index contributed by atoms with van der Waals surface area (Å²) in [6, 6.07) is 10.3. The molecular formula is C17H17N2O6P. The lowest BCUT2D eigenvalue weighted by atomic mass is 10.1. The van der Waals surface area contributed by atoms with E-state index in [4.69, 9.17) is 9.26 Å². The molecule has 8 nitrogen and oxygen atoms in total. The highest BCUT2D eigenvalue weighted by Crippen LogP contribution is 2.41. The molecule has 0 aliphatic carbocycles. The van der Waals surface area contributed by atoms with Gasteiger partial charge < -0.3 is 19.1 Å². The molecule has 2 aromatic carbocycles. The molecule has 26 heavy (non-hydrogen) atoms. The van der Waals surface area contributed by atoms with E-state index < -0.39 is 7.82 Å². The number of nitrogens with zero attached hydrogens (tertiary/aromatic N) is 1. The van der Waals surface area contributed by atoms with Gasteiger partial charge in [-0.15, -0.1) is 0 Å². The van der Waals surface area contributed by atoms with Gasteiger partial charge in [-0.2, -0.15) is 0 Å². The Bertz CT molecular complexity index is 1080. The second kappa shape index (κ2) is 6.41. The molecule has 1 aliphatic rings. The first-order valence-corrected chi connectivity index (χ1v) is 9.62. The van der Waals surface area contributed by atoms with Gasteiger partial charge in [0.1, 0.15) is 5.75 Å². The van der Waals surface area contributed by atoms with E-state index in [9.17, 15) is 19.1 Å². The van der Waals surface area contributed by atoms with E-state index in [2.05, 4.69) is 4.98 Å². The number of para-hydroxylation sites is 1. The van der Waals surface area contributed by atoms with Crippen molar-refractivity contribution in [3.05, 3.63) is 46.6 Å². The Morgan fingerprint density at radius 3 is 2.58 bits per heavy atom. The van der Waals surface area contributed by atoms with Crippen LogP contribution >= 0.6 is 7.82 Å². The molecule has 1 fully saturated rings. The minimum atomic E-state index is -4.83. The summed E-state index contributed by atoms with van der Waals surface area (Å²) >= 11 is 0. The van der Waals surface area contributed by atoms with Gasteiger partial charge in [0.25, 0.3) is 0 Å². The molecule has 0 atom stereocenters. The van der Waals surface area contributed by atoms with Gasteiger partial charge >= 0.3 is 7.82 Å². The Morgan fingerprint density at radius 2 is 1.85 bits per heavy atom. The number of phosphoric acid groups is 1. The molecule has 2 heterocycles. The topological polar surface area (TPSA) is 112 Å². The zero-order valence-corrected chi connectivity index (χ0v) is 14.6. The number of rotatable bonds is 3. The summed E-state index contributed by atoms with van der Waals surface area (Å²) in [6.45, 7) is 2.39. The lowest BCUT2D eigenvalue weighted by molar-refractivity contribution is 0.122. The number of pyridine rings is 1. The number of aromatic amines is 1. The van der Waals surface area contributed by atoms with Crippen LogP contribution in [0.3, 0.4) is 0 Å². The van der Waals surface area contributed by atoms with Crippen molar-refractivity contribution in [1.82, 2.24) is 4.98 Å². The van der Waals surface area contributed by atoms with Crippen molar-refractivity contribution >= 4 is 35.3 Å². The van der Waals surface area contributed by atoms with Gasteiger partial charge in [-0.3, -0.25) is 14.6 Å². The number of H-pyrrole nitrogens is 1. The fraction of sp³-hybridized carbons (Fsp3) is 0.235. The normalized spacial score (nSPS) is 15.5. The van der Waals surface area contributed by atoms with Crippen LogP contribution in [-0.4, -0.2) is 41.1 Å². The van der Waals surface area contributed by atoms with Crippen LogP contribution < -0.4 is 14.9 Å². The number of hydrogen-bond acceptors (Lipinski definition) is 5. The van der Waals surface area contributed by atoms with Crippen molar-refractivity contribution in [3.63, 3.8) is 0 Å². The fourth-order valence-electron chi connectivity index (χ4n) is 3.21. The Kier molecular flexibility index (Phi) is 4.20. The zero-order valence-electron chi connectivity index (χ0n) is 13.7. The zero-order chi connectivity index (χ0) is 18.3. The maximum absolute atomic E-state index is 12.9. The van der Waals surface area contributed by atoms with Gasteiger partial charge in [-0.1, -0.05) is 12.1 Å². The highest BCUT2D eigenvalue weighted by molar-refractivity contribution is 7.46. The van der Waals surface area contributed by atoms with Crippen LogP contribution in [0.15, 0.2) is 41.2 Å². The van der Waals surface area contributed by atoms with E-state index in [1.54, 1.807) is 24.3 Å². The SMILES string of the molecule is O=c1c2ccccc2[nH]c2cc(N3CCOCC3)cc(OP(=O)(O)O)c12. The molecule has 0 radical (unpaired) electrons. The average molecular weight is 376 g/mol. The summed E-state index contributed by atoms with van der Waals surface area (Å²) < 4.78 is 21.6. The minimum absolute atomic E-state index is 0.115. The van der Waals surface area contributed by atoms with E-state index in [0.29, 0.717) is 48.4 Å². The number of ether oxygens (including phenoxy) is 1. The van der Waals surface area contributed by atoms with Crippen molar-refractivity contribution < 1.29 is 23.6 Å². The van der Waals surface area contributed by atoms with Gasteiger partial charge in [0.15, 0.2) is 0 Å². The van der Waals surface area contributed by atoms with Crippen LogP contribution in [0.25, 0.3) is 21.8 Å². The quantitative estimate of drug-likeness (QED) is 0.473. The summed E-state index contributed by atoms with van der Waals surface area (Å²) in [5.74, 6) is -0.135. The molecule has 0 saturated carbocycles. The van der Waals surface area contributed by atoms with Crippen LogP contribution in [0.1, 0.15) is 0 Å². The van der Waals surface area contributed by atoms with Crippen LogP contribution in [0.5, 0.6) is 5.75 Å². The first-order chi connectivity index (χ1) is 12.4. The first-order valence-electron chi connectivity index (χ1n) is 8.09. The molecule has 9 heteroatoms. The standard InChI is InChI=1S/C17H17N2O6P/c20-17-12-3-1-2-4-13(12)18-14-9-11(19-5-7-24-8-6-19)10-15(16(14)17)25-26(21,22)23/h1-4,9-10H,5-8H2,(H,18,20)(H2,21,22,23). The Hall–Kier alpha value is -2.38. The van der Waals surface area contributed by atoms with Gasteiger partial charge in [-0.05, 0) is 18.2 Å². The van der Waals surface area contributed by atoms with Crippen molar-refractivity contribution in [2.24, 2.45) is 0 Å². The molecular weight excluding hydrogens is 359 g/mol. The van der Waals surface area contributed by atoms with Gasteiger partial charge in [0.2, 0.25) is 5.43 Å². The third-order valence-corrected chi connectivity index (χ3v) is 4.78. The van der Waals surface area contributed by atoms with Gasteiger partial charge in [0.05, 0.1) is 24.1 Å². The molecule has 136 valence electrons. The molecule has 1 aliphatic heterocycles. The summed E-state index contributed by atoms with van der Waals surface area (Å²) in [4.78, 5) is 36.6. The van der Waals surface area contributed by atoms with E-state index in [-0.39, 0.29) is 16.6 Å². The highest BCUT2D eigenvalue weighted by atomic mass is 31.2. The number of anilines is 1. The number of aromatic nitrogens is 1. The fourth-order valence-corrected chi connectivity index (χ4v) is 3.61. The van der Waals surface area contributed by atoms with Crippen LogP contribution in [0.4, 0.5) is 5.69 Å². The van der Waals surface area contributed by atoms with E-state index >= 15 is 0 Å². The molecule has 1 saturated heterocycles. The van der Waals surface area contributed by atoms with E-state index in [1.807, 2.05) is 11.0 Å². The second-order valence-corrected chi connectivity index (χ2v) is 7.21. The molecule has 3 aromatic rings. The molecule has 3 N–H and O–H groups in total. The summed E-state index contributed by atoms with van der Waals surface area (Å²) in [7, 11) is -4.83. The number of hydrogen-bond donors (Lipinski definition) is 3. The predicted molar refractivity (Wildman–Crippen MR) is 97.8 cm³/mol. The van der Waals surface area contributed by atoms with Gasteiger partial charge in [0, 0.05) is 35.7 Å². The van der Waals surface area contributed by atoms with Crippen molar-refractivity contribution in [2.75, 3.05) is 31.2 Å². The first kappa shape index (κ1) is 17.1. The maximum Gasteiger partial charge on any atom is 0.524 e. The van der Waals surface area contributed by atoms with E-state index in [0.717, 1.165) is 0 Å². The summed E-state index contributed by atoms with van der Waals surface area (Å²) in [5.41, 5.74) is 1.47. The number of phosphoric ester groups is 1.